The van der Waals surface area contributed by atoms with Crippen LogP contribution in [-0.2, 0) is 9.59 Å². The van der Waals surface area contributed by atoms with Gasteiger partial charge in [-0.1, -0.05) is 6.08 Å². The summed E-state index contributed by atoms with van der Waals surface area (Å²) in [7, 11) is 1.51. The lowest BCUT2D eigenvalue weighted by Gasteiger charge is -2.03. The number of carbonyl (C=O) groups is 2. The summed E-state index contributed by atoms with van der Waals surface area (Å²) in [4.78, 5) is 21.7. The van der Waals surface area contributed by atoms with Crippen molar-refractivity contribution in [1.29, 1.82) is 0 Å². The summed E-state index contributed by atoms with van der Waals surface area (Å²) in [5, 5.41) is 1.16. The van der Waals surface area contributed by atoms with Gasteiger partial charge in [-0.2, -0.15) is 0 Å². The third-order valence-corrected chi connectivity index (χ3v) is 1.34. The van der Waals surface area contributed by atoms with Gasteiger partial charge in [0.2, 0.25) is 0 Å². The van der Waals surface area contributed by atoms with Crippen molar-refractivity contribution in [2.75, 3.05) is 7.05 Å². The van der Waals surface area contributed by atoms with Crippen LogP contribution in [0.1, 0.15) is 6.92 Å². The Labute approximate surface area is 58.5 Å². The highest BCUT2D eigenvalue weighted by Crippen LogP contribution is 2.05. The van der Waals surface area contributed by atoms with Crippen molar-refractivity contribution in [1.82, 2.24) is 10.4 Å². The van der Waals surface area contributed by atoms with Crippen molar-refractivity contribution < 1.29 is 9.59 Å². The second-order valence-corrected chi connectivity index (χ2v) is 2.01. The summed E-state index contributed by atoms with van der Waals surface area (Å²) in [5.41, 5.74) is 2.55. The minimum absolute atomic E-state index is 0.211. The van der Waals surface area contributed by atoms with Gasteiger partial charge in [-0.05, 0) is 6.92 Å². The Morgan fingerprint density at radius 2 is 2.10 bits per heavy atom. The fourth-order valence-electron chi connectivity index (χ4n) is 0.796. The van der Waals surface area contributed by atoms with E-state index >= 15 is 0 Å². The van der Waals surface area contributed by atoms with Crippen molar-refractivity contribution in [2.24, 2.45) is 0 Å². The van der Waals surface area contributed by atoms with Gasteiger partial charge in [-0.15, -0.1) is 0 Å². The summed E-state index contributed by atoms with van der Waals surface area (Å²) in [6, 6.07) is 0. The van der Waals surface area contributed by atoms with E-state index in [2.05, 4.69) is 5.43 Å². The molecule has 1 aliphatic rings. The lowest BCUT2D eigenvalue weighted by molar-refractivity contribution is -0.126. The highest BCUT2D eigenvalue weighted by Gasteiger charge is 2.29. The van der Waals surface area contributed by atoms with Gasteiger partial charge in [-0.25, -0.2) is 0 Å². The van der Waals surface area contributed by atoms with Gasteiger partial charge in [-0.3, -0.25) is 20.0 Å². The third kappa shape index (κ3) is 0.775. The maximum absolute atomic E-state index is 10.9. The third-order valence-electron chi connectivity index (χ3n) is 1.34. The zero-order chi connectivity index (χ0) is 7.72. The minimum Gasteiger partial charge on any atom is -0.267 e. The summed E-state index contributed by atoms with van der Waals surface area (Å²) < 4.78 is 0. The quantitative estimate of drug-likeness (QED) is 0.362. The number of rotatable bonds is 0. The molecule has 10 heavy (non-hydrogen) atoms. The van der Waals surface area contributed by atoms with Gasteiger partial charge in [0.05, 0.1) is 0 Å². The molecule has 2 amide bonds. The number of likely N-dealkylation sites (N-methyl/N-ethyl adjacent to an activating group) is 1. The Balaban J connectivity index is 2.96. The number of carbonyl (C=O) groups excluding carboxylic acids is 2. The zero-order valence-corrected chi connectivity index (χ0v) is 5.84. The molecular formula is C6H8N2O2. The zero-order valence-electron chi connectivity index (χ0n) is 5.84. The molecule has 0 aromatic heterocycles. The maximum atomic E-state index is 10.9. The monoisotopic (exact) mass is 140 g/mol. The van der Waals surface area contributed by atoms with Gasteiger partial charge in [0.1, 0.15) is 5.57 Å². The van der Waals surface area contributed by atoms with Gasteiger partial charge in [0, 0.05) is 7.05 Å². The van der Waals surface area contributed by atoms with Crippen molar-refractivity contribution in [3.8, 4) is 0 Å². The van der Waals surface area contributed by atoms with E-state index in [1.165, 1.54) is 13.1 Å². The lowest BCUT2D eigenvalue weighted by atomic mass is 10.2. The molecule has 1 aliphatic heterocycles. The van der Waals surface area contributed by atoms with Crippen molar-refractivity contribution in [2.45, 2.75) is 6.92 Å². The number of hydrogen-bond donors (Lipinski definition) is 1. The summed E-state index contributed by atoms with van der Waals surface area (Å²) in [6.45, 7) is 1.66. The molecule has 0 bridgehead atoms. The van der Waals surface area contributed by atoms with Gasteiger partial charge < -0.3 is 0 Å². The molecule has 4 heteroatoms. The first kappa shape index (κ1) is 6.80. The van der Waals surface area contributed by atoms with E-state index in [9.17, 15) is 9.59 Å². The van der Waals surface area contributed by atoms with E-state index in [-0.39, 0.29) is 17.4 Å². The normalized spacial score (nSPS) is 22.2. The van der Waals surface area contributed by atoms with Crippen molar-refractivity contribution in [3.05, 3.63) is 11.6 Å². The molecule has 1 fully saturated rings. The van der Waals surface area contributed by atoms with Crippen LogP contribution in [0.3, 0.4) is 0 Å². The fourth-order valence-corrected chi connectivity index (χ4v) is 0.796. The second-order valence-electron chi connectivity index (χ2n) is 2.01. The first-order valence-corrected chi connectivity index (χ1v) is 2.92. The smallest absolute Gasteiger partial charge is 0.267 e. The topological polar surface area (TPSA) is 49.4 Å². The van der Waals surface area contributed by atoms with Gasteiger partial charge in [0.15, 0.2) is 0 Å². The molecule has 4 nitrogen and oxygen atoms in total. The minimum atomic E-state index is -0.324. The molecule has 54 valence electrons. The summed E-state index contributed by atoms with van der Waals surface area (Å²) in [5.74, 6) is -0.595. The number of hydrazine groups is 1. The number of allylic oxidation sites excluding steroid dienone is 1. The molecule has 0 unspecified atom stereocenters. The van der Waals surface area contributed by atoms with Crippen LogP contribution in [0, 0.1) is 0 Å². The molecule has 0 radical (unpaired) electrons. The molecule has 1 N–H and O–H groups in total. The molecule has 0 saturated carbocycles. The average molecular weight is 140 g/mol. The van der Waals surface area contributed by atoms with Crippen LogP contribution in [0.15, 0.2) is 11.6 Å². The van der Waals surface area contributed by atoms with Crippen molar-refractivity contribution >= 4 is 11.8 Å². The highest BCUT2D eigenvalue weighted by atomic mass is 16.2. The molecule has 0 aromatic rings. The molecule has 1 saturated heterocycles. The molecule has 0 aliphatic carbocycles. The van der Waals surface area contributed by atoms with E-state index < -0.39 is 0 Å². The Bertz CT molecular complexity index is 220. The molecule has 1 heterocycles. The Kier molecular flexibility index (Phi) is 1.45. The Morgan fingerprint density at radius 1 is 1.50 bits per heavy atom. The van der Waals surface area contributed by atoms with Crippen LogP contribution >= 0.6 is 0 Å². The van der Waals surface area contributed by atoms with E-state index in [4.69, 9.17) is 0 Å². The molecular weight excluding hydrogens is 132 g/mol. The molecule has 0 aromatic carbocycles. The molecule has 1 rings (SSSR count). The molecule has 0 atom stereocenters. The maximum Gasteiger partial charge on any atom is 0.277 e. The highest BCUT2D eigenvalue weighted by molar-refractivity contribution is 6.22. The van der Waals surface area contributed by atoms with Crippen LogP contribution in [0.5, 0.6) is 0 Å². The Hall–Kier alpha value is -1.32. The lowest BCUT2D eigenvalue weighted by Crippen LogP contribution is -2.31. The van der Waals surface area contributed by atoms with Gasteiger partial charge >= 0.3 is 0 Å². The predicted molar refractivity (Wildman–Crippen MR) is 34.7 cm³/mol. The van der Waals surface area contributed by atoms with Gasteiger partial charge in [0.25, 0.3) is 11.8 Å². The van der Waals surface area contributed by atoms with Crippen LogP contribution in [0.25, 0.3) is 0 Å². The summed E-state index contributed by atoms with van der Waals surface area (Å²) >= 11 is 0. The van der Waals surface area contributed by atoms with Crippen LogP contribution in [0.2, 0.25) is 0 Å². The second kappa shape index (κ2) is 2.13. The van der Waals surface area contributed by atoms with Crippen LogP contribution < -0.4 is 5.43 Å². The number of hydrogen-bond acceptors (Lipinski definition) is 2. The largest absolute Gasteiger partial charge is 0.277 e. The SMILES string of the molecule is C/C=C1\C(=O)NN(C)C1=O. The van der Waals surface area contributed by atoms with E-state index in [0.29, 0.717) is 0 Å². The first-order valence-electron chi connectivity index (χ1n) is 2.92. The van der Waals surface area contributed by atoms with Crippen molar-refractivity contribution in [3.63, 3.8) is 0 Å². The standard InChI is InChI=1S/C6H8N2O2/c1-3-4-5(9)7-8(2)6(4)10/h3H,1-2H3,(H,7,9)/b4-3+. The van der Waals surface area contributed by atoms with E-state index in [1.54, 1.807) is 6.92 Å². The Morgan fingerprint density at radius 3 is 2.30 bits per heavy atom. The van der Waals surface area contributed by atoms with Crippen LogP contribution in [0.4, 0.5) is 0 Å². The fraction of sp³-hybridized carbons (Fsp3) is 0.333. The number of nitrogens with one attached hydrogen (secondary N) is 1. The summed E-state index contributed by atoms with van der Waals surface area (Å²) in [6.07, 6.45) is 1.50. The first-order chi connectivity index (χ1) is 4.66. The number of nitrogens with zero attached hydrogens (tertiary/aromatic N) is 1. The average Bonchev–Trinajstić information content (AvgIpc) is 2.09. The van der Waals surface area contributed by atoms with Crippen LogP contribution in [-0.4, -0.2) is 23.9 Å². The molecule has 0 spiro atoms. The van der Waals surface area contributed by atoms with E-state index in [1.807, 2.05) is 0 Å². The number of amides is 2. The van der Waals surface area contributed by atoms with E-state index in [0.717, 1.165) is 5.01 Å². The predicted octanol–water partition coefficient (Wildman–Crippen LogP) is -0.564.